The molecule has 1 aromatic carbocycles. The quantitative estimate of drug-likeness (QED) is 0.351. The van der Waals surface area contributed by atoms with E-state index in [1.807, 2.05) is 13.8 Å². The molecule has 3 N–H and O–H groups in total. The fraction of sp³-hybridized carbons (Fsp3) is 0.679. The van der Waals surface area contributed by atoms with E-state index in [1.165, 1.54) is 12.1 Å². The summed E-state index contributed by atoms with van der Waals surface area (Å²) in [5.41, 5.74) is -0.0847. The summed E-state index contributed by atoms with van der Waals surface area (Å²) in [7, 11) is 0. The van der Waals surface area contributed by atoms with Crippen molar-refractivity contribution in [3.8, 4) is 5.75 Å². The number of rotatable bonds is 12. The molecule has 0 aliphatic heterocycles. The highest BCUT2D eigenvalue weighted by Crippen LogP contribution is 2.41. The number of benzene rings is 1. The van der Waals surface area contributed by atoms with Gasteiger partial charge in [0.15, 0.2) is 0 Å². The van der Waals surface area contributed by atoms with E-state index in [0.29, 0.717) is 18.5 Å². The van der Waals surface area contributed by atoms with Crippen LogP contribution in [0.2, 0.25) is 0 Å². The zero-order chi connectivity index (χ0) is 27.0. The Labute approximate surface area is 216 Å². The fourth-order valence-electron chi connectivity index (χ4n) is 4.23. The Morgan fingerprint density at radius 1 is 1.14 bits per heavy atom. The lowest BCUT2D eigenvalue weighted by molar-refractivity contribution is -0.144. The molecule has 0 aromatic heterocycles. The molecule has 0 spiro atoms. The van der Waals surface area contributed by atoms with Gasteiger partial charge in [-0.1, -0.05) is 59.1 Å². The molecule has 0 bridgehead atoms. The molecule has 0 saturated heterocycles. The standard InChI is InChI=1S/C28H45N3O5/c1-8-10-11-16-29-25(33)24(20-12-14-21(32)15-13-20)31(22-17-19(22)4)26(34)23(18(3)9-2)30-27(35)36-28(5,6)7/h12-15,18-19,22-24,32H,8-11,16-17H2,1-7H3,(H,29,33)(H,30,35). The van der Waals surface area contributed by atoms with Gasteiger partial charge in [0.1, 0.15) is 23.4 Å². The van der Waals surface area contributed by atoms with Gasteiger partial charge in [-0.25, -0.2) is 4.79 Å². The maximum absolute atomic E-state index is 14.2. The van der Waals surface area contributed by atoms with Gasteiger partial charge < -0.3 is 25.4 Å². The zero-order valence-corrected chi connectivity index (χ0v) is 23.0. The third kappa shape index (κ3) is 8.42. The van der Waals surface area contributed by atoms with Crippen LogP contribution in [0.3, 0.4) is 0 Å². The number of ether oxygens (including phenoxy) is 1. The van der Waals surface area contributed by atoms with E-state index in [4.69, 9.17) is 4.74 Å². The van der Waals surface area contributed by atoms with Crippen LogP contribution in [-0.4, -0.2) is 52.1 Å². The SMILES string of the molecule is CCCCCNC(=O)C(c1ccc(O)cc1)N(C(=O)C(NC(=O)OC(C)(C)C)C(C)CC)C1CC1C. The molecule has 3 amide bonds. The topological polar surface area (TPSA) is 108 Å². The molecular formula is C28H45N3O5. The molecule has 8 heteroatoms. The van der Waals surface area contributed by atoms with Crippen molar-refractivity contribution in [3.63, 3.8) is 0 Å². The second-order valence-electron chi connectivity index (χ2n) is 11.0. The number of unbranched alkanes of at least 4 members (excludes halogenated alkanes) is 2. The molecule has 8 nitrogen and oxygen atoms in total. The predicted molar refractivity (Wildman–Crippen MR) is 140 cm³/mol. The monoisotopic (exact) mass is 503 g/mol. The molecule has 202 valence electrons. The third-order valence-corrected chi connectivity index (χ3v) is 6.64. The number of aromatic hydroxyl groups is 1. The number of hydrogen-bond donors (Lipinski definition) is 3. The summed E-state index contributed by atoms with van der Waals surface area (Å²) in [5.74, 6) is -0.409. The minimum Gasteiger partial charge on any atom is -0.508 e. The van der Waals surface area contributed by atoms with E-state index < -0.39 is 23.8 Å². The second-order valence-corrected chi connectivity index (χ2v) is 11.0. The maximum Gasteiger partial charge on any atom is 0.408 e. The van der Waals surface area contributed by atoms with E-state index in [0.717, 1.165) is 25.7 Å². The Morgan fingerprint density at radius 3 is 2.25 bits per heavy atom. The van der Waals surface area contributed by atoms with Gasteiger partial charge in [0.05, 0.1) is 0 Å². The molecule has 5 atom stereocenters. The molecule has 0 radical (unpaired) electrons. The number of carbonyl (C=O) groups excluding carboxylic acids is 3. The zero-order valence-electron chi connectivity index (χ0n) is 23.0. The number of carbonyl (C=O) groups is 3. The van der Waals surface area contributed by atoms with Gasteiger partial charge in [0.2, 0.25) is 11.8 Å². The summed E-state index contributed by atoms with van der Waals surface area (Å²) in [5, 5.41) is 15.6. The third-order valence-electron chi connectivity index (χ3n) is 6.64. The van der Waals surface area contributed by atoms with Crippen molar-refractivity contribution in [1.82, 2.24) is 15.5 Å². The van der Waals surface area contributed by atoms with Gasteiger partial charge in [0, 0.05) is 12.6 Å². The van der Waals surface area contributed by atoms with E-state index in [1.54, 1.807) is 37.8 Å². The van der Waals surface area contributed by atoms with Crippen LogP contribution in [0.1, 0.15) is 92.2 Å². The van der Waals surface area contributed by atoms with Gasteiger partial charge >= 0.3 is 6.09 Å². The first kappa shape index (κ1) is 29.5. The average Bonchev–Trinajstić information content (AvgIpc) is 3.52. The van der Waals surface area contributed by atoms with Crippen molar-refractivity contribution < 1.29 is 24.2 Å². The Hall–Kier alpha value is -2.77. The number of phenolic OH excluding ortho intramolecular Hbond substituents is 1. The van der Waals surface area contributed by atoms with Crippen molar-refractivity contribution in [2.45, 2.75) is 104 Å². The highest BCUT2D eigenvalue weighted by Gasteiger charge is 2.48. The van der Waals surface area contributed by atoms with Crippen molar-refractivity contribution in [2.24, 2.45) is 11.8 Å². The van der Waals surface area contributed by atoms with Crippen molar-refractivity contribution in [1.29, 1.82) is 0 Å². The Balaban J connectivity index is 2.43. The van der Waals surface area contributed by atoms with Crippen LogP contribution in [0.5, 0.6) is 5.75 Å². The number of hydrogen-bond acceptors (Lipinski definition) is 5. The molecule has 2 rings (SSSR count). The predicted octanol–water partition coefficient (Wildman–Crippen LogP) is 4.92. The van der Waals surface area contributed by atoms with Crippen LogP contribution in [-0.2, 0) is 14.3 Å². The van der Waals surface area contributed by atoms with Crippen LogP contribution in [0.25, 0.3) is 0 Å². The Kier molecular flexibility index (Phi) is 10.6. The van der Waals surface area contributed by atoms with Crippen LogP contribution < -0.4 is 10.6 Å². The molecule has 1 aliphatic rings. The Morgan fingerprint density at radius 2 is 1.75 bits per heavy atom. The lowest BCUT2D eigenvalue weighted by Crippen LogP contribution is -2.56. The largest absolute Gasteiger partial charge is 0.508 e. The molecule has 1 aliphatic carbocycles. The maximum atomic E-state index is 14.2. The number of amides is 3. The average molecular weight is 504 g/mol. The normalized spacial score (nSPS) is 19.5. The van der Waals surface area contributed by atoms with E-state index in [-0.39, 0.29) is 35.4 Å². The first-order chi connectivity index (χ1) is 16.9. The van der Waals surface area contributed by atoms with Gasteiger partial charge in [-0.2, -0.15) is 0 Å². The smallest absolute Gasteiger partial charge is 0.408 e. The van der Waals surface area contributed by atoms with Gasteiger partial charge in [0.25, 0.3) is 0 Å². The first-order valence-corrected chi connectivity index (χ1v) is 13.3. The van der Waals surface area contributed by atoms with Crippen LogP contribution in [0, 0.1) is 11.8 Å². The molecule has 1 saturated carbocycles. The lowest BCUT2D eigenvalue weighted by Gasteiger charge is -2.36. The number of nitrogens with one attached hydrogen (secondary N) is 2. The van der Waals surface area contributed by atoms with Crippen molar-refractivity contribution >= 4 is 17.9 Å². The minimum atomic E-state index is -0.873. The van der Waals surface area contributed by atoms with Gasteiger partial charge in [-0.15, -0.1) is 0 Å². The number of alkyl carbamates (subject to hydrolysis) is 1. The van der Waals surface area contributed by atoms with Crippen LogP contribution in [0.4, 0.5) is 4.79 Å². The summed E-state index contributed by atoms with van der Waals surface area (Å²) in [6.07, 6.45) is 3.68. The van der Waals surface area contributed by atoms with E-state index in [9.17, 15) is 19.5 Å². The first-order valence-electron chi connectivity index (χ1n) is 13.3. The summed E-state index contributed by atoms with van der Waals surface area (Å²) in [4.78, 5) is 42.1. The highest BCUT2D eigenvalue weighted by molar-refractivity contribution is 5.92. The minimum absolute atomic E-state index is 0.0857. The molecule has 5 unspecified atom stereocenters. The van der Waals surface area contributed by atoms with Crippen molar-refractivity contribution in [2.75, 3.05) is 6.54 Å². The van der Waals surface area contributed by atoms with Gasteiger partial charge in [-0.3, -0.25) is 9.59 Å². The molecule has 1 aromatic rings. The lowest BCUT2D eigenvalue weighted by atomic mass is 9.95. The van der Waals surface area contributed by atoms with Crippen LogP contribution in [0.15, 0.2) is 24.3 Å². The summed E-state index contributed by atoms with van der Waals surface area (Å²) >= 11 is 0. The fourth-order valence-corrected chi connectivity index (χ4v) is 4.23. The van der Waals surface area contributed by atoms with Crippen LogP contribution >= 0.6 is 0 Å². The highest BCUT2D eigenvalue weighted by atomic mass is 16.6. The summed E-state index contributed by atoms with van der Waals surface area (Å²) < 4.78 is 5.44. The molecule has 0 heterocycles. The summed E-state index contributed by atoms with van der Waals surface area (Å²) in [6, 6.07) is 4.57. The second kappa shape index (κ2) is 13.0. The molecule has 1 fully saturated rings. The van der Waals surface area contributed by atoms with Crippen molar-refractivity contribution in [3.05, 3.63) is 29.8 Å². The molecular weight excluding hydrogens is 458 g/mol. The number of nitrogens with zero attached hydrogens (tertiary/aromatic N) is 1. The van der Waals surface area contributed by atoms with E-state index in [2.05, 4.69) is 24.5 Å². The summed E-state index contributed by atoms with van der Waals surface area (Å²) in [6.45, 7) is 13.9. The molecule has 36 heavy (non-hydrogen) atoms. The number of phenols is 1. The van der Waals surface area contributed by atoms with E-state index >= 15 is 0 Å². The Bertz CT molecular complexity index is 880. The van der Waals surface area contributed by atoms with Gasteiger partial charge in [-0.05, 0) is 63.1 Å².